The number of hydrogen-bond acceptors (Lipinski definition) is 4. The average Bonchev–Trinajstić information content (AvgIpc) is 2.79. The summed E-state index contributed by atoms with van der Waals surface area (Å²) in [4.78, 5) is 37.8. The fraction of sp³-hybridized carbons (Fsp3) is 0.320. The number of carboxylic acids is 1. The summed E-state index contributed by atoms with van der Waals surface area (Å²) in [7, 11) is 0. The topological polar surface area (TPSA) is 88.8 Å². The van der Waals surface area contributed by atoms with Gasteiger partial charge in [-0.25, -0.2) is 4.79 Å². The second kappa shape index (κ2) is 8.24. The van der Waals surface area contributed by atoms with Gasteiger partial charge in [-0.3, -0.25) is 9.59 Å². The van der Waals surface area contributed by atoms with E-state index < -0.39 is 12.6 Å². The maximum absolute atomic E-state index is 12.7. The van der Waals surface area contributed by atoms with Crippen molar-refractivity contribution in [3.05, 3.63) is 70.6 Å². The van der Waals surface area contributed by atoms with Gasteiger partial charge in [-0.2, -0.15) is 0 Å². The third-order valence-corrected chi connectivity index (χ3v) is 6.45. The van der Waals surface area contributed by atoms with E-state index in [-0.39, 0.29) is 29.9 Å². The Morgan fingerprint density at radius 1 is 0.969 bits per heavy atom. The van der Waals surface area contributed by atoms with Gasteiger partial charge < -0.3 is 19.3 Å². The molecule has 1 saturated heterocycles. The fourth-order valence-electron chi connectivity index (χ4n) is 5.14. The van der Waals surface area contributed by atoms with Crippen LogP contribution in [0.3, 0.4) is 0 Å². The molecule has 5 rings (SSSR count). The van der Waals surface area contributed by atoms with Crippen LogP contribution in [0, 0.1) is 5.92 Å². The summed E-state index contributed by atoms with van der Waals surface area (Å²) >= 11 is 0. The van der Waals surface area contributed by atoms with Crippen LogP contribution in [0.15, 0.2) is 59.4 Å². The number of ether oxygens (including phenoxy) is 1. The van der Waals surface area contributed by atoms with Crippen LogP contribution in [0.25, 0.3) is 21.9 Å². The maximum Gasteiger partial charge on any atom is 0.329 e. The molecule has 1 aromatic heterocycles. The number of piperidine rings is 1. The number of amides is 1. The fourth-order valence-corrected chi connectivity index (χ4v) is 5.14. The van der Waals surface area contributed by atoms with Crippen LogP contribution in [0.4, 0.5) is 0 Å². The summed E-state index contributed by atoms with van der Waals surface area (Å²) < 4.78 is 6.89. The number of likely N-dealkylation sites (tertiary alicyclic amines) is 1. The standard InChI is InChI=1S/C25H24N2O5/c28-22-8-7-21(19-6-5-17-3-1-2-4-18(17)10-19)25-20-9-16(12-27(22)25)11-26(13-20)23(29)14-32-15-24(30)31/h1-8,10,16,20H,9,11-15H2,(H,30,31)/t16-,20-/m0/s1. The summed E-state index contributed by atoms with van der Waals surface area (Å²) in [5.41, 5.74) is 3.05. The highest BCUT2D eigenvalue weighted by atomic mass is 16.5. The number of carbonyl (C=O) groups excluding carboxylic acids is 1. The molecule has 0 unspecified atom stereocenters. The van der Waals surface area contributed by atoms with Crippen molar-refractivity contribution in [2.45, 2.75) is 18.9 Å². The number of aliphatic carboxylic acids is 1. The number of rotatable bonds is 5. The second-order valence-corrected chi connectivity index (χ2v) is 8.63. The van der Waals surface area contributed by atoms with E-state index >= 15 is 0 Å². The van der Waals surface area contributed by atoms with Gasteiger partial charge in [0, 0.05) is 42.9 Å². The third kappa shape index (κ3) is 3.80. The van der Waals surface area contributed by atoms with Crippen LogP contribution in [-0.2, 0) is 20.9 Å². The van der Waals surface area contributed by atoms with E-state index in [0.29, 0.717) is 19.6 Å². The van der Waals surface area contributed by atoms with E-state index in [2.05, 4.69) is 30.3 Å². The molecule has 7 nitrogen and oxygen atoms in total. The van der Waals surface area contributed by atoms with Crippen molar-refractivity contribution in [3.8, 4) is 11.1 Å². The minimum Gasteiger partial charge on any atom is -0.480 e. The van der Waals surface area contributed by atoms with E-state index in [4.69, 9.17) is 9.84 Å². The van der Waals surface area contributed by atoms with Gasteiger partial charge in [-0.15, -0.1) is 0 Å². The summed E-state index contributed by atoms with van der Waals surface area (Å²) in [6, 6.07) is 18.0. The number of hydrogen-bond donors (Lipinski definition) is 1. The molecule has 3 heterocycles. The van der Waals surface area contributed by atoms with Crippen LogP contribution in [0.2, 0.25) is 0 Å². The Bertz CT molecular complexity index is 1260. The second-order valence-electron chi connectivity index (χ2n) is 8.63. The molecule has 1 fully saturated rings. The van der Waals surface area contributed by atoms with Crippen molar-refractivity contribution in [1.29, 1.82) is 0 Å². The smallest absolute Gasteiger partial charge is 0.329 e. The number of carboxylic acid groups (broad SMARTS) is 1. The first-order valence-corrected chi connectivity index (χ1v) is 10.8. The van der Waals surface area contributed by atoms with Crippen molar-refractivity contribution < 1.29 is 19.4 Å². The van der Waals surface area contributed by atoms with Gasteiger partial charge in [0.2, 0.25) is 5.91 Å². The Hall–Kier alpha value is -3.45. The maximum atomic E-state index is 12.7. The Balaban J connectivity index is 1.48. The number of benzene rings is 2. The number of carbonyl (C=O) groups is 2. The van der Waals surface area contributed by atoms with Crippen LogP contribution in [0.5, 0.6) is 0 Å². The number of aromatic nitrogens is 1. The quantitative estimate of drug-likeness (QED) is 0.670. The molecule has 32 heavy (non-hydrogen) atoms. The first kappa shape index (κ1) is 20.5. The summed E-state index contributed by atoms with van der Waals surface area (Å²) in [6.07, 6.45) is 0.920. The lowest BCUT2D eigenvalue weighted by Crippen LogP contribution is -2.50. The van der Waals surface area contributed by atoms with Gasteiger partial charge >= 0.3 is 5.97 Å². The molecule has 2 atom stereocenters. The normalized spacial score (nSPS) is 19.6. The zero-order valence-electron chi connectivity index (χ0n) is 17.6. The molecule has 0 saturated carbocycles. The lowest BCUT2D eigenvalue weighted by molar-refractivity contribution is -0.146. The number of fused-ring (bicyclic) bond motifs is 5. The number of pyridine rings is 1. The summed E-state index contributed by atoms with van der Waals surface area (Å²) in [6.45, 7) is 0.890. The molecule has 0 radical (unpaired) electrons. The highest BCUT2D eigenvalue weighted by Gasteiger charge is 2.37. The van der Waals surface area contributed by atoms with E-state index in [1.165, 1.54) is 0 Å². The van der Waals surface area contributed by atoms with Crippen LogP contribution >= 0.6 is 0 Å². The average molecular weight is 432 g/mol. The third-order valence-electron chi connectivity index (χ3n) is 6.45. The molecule has 2 aromatic carbocycles. The predicted octanol–water partition coefficient (Wildman–Crippen LogP) is 2.72. The Labute approximate surface area is 184 Å². The molecule has 3 aromatic rings. The van der Waals surface area contributed by atoms with Crippen LogP contribution < -0.4 is 5.56 Å². The first-order valence-electron chi connectivity index (χ1n) is 10.8. The van der Waals surface area contributed by atoms with Gasteiger partial charge in [0.1, 0.15) is 13.2 Å². The van der Waals surface area contributed by atoms with Crippen LogP contribution in [0.1, 0.15) is 18.0 Å². The molecule has 2 aliphatic heterocycles. The summed E-state index contributed by atoms with van der Waals surface area (Å²) in [5, 5.41) is 11.0. The Morgan fingerprint density at radius 2 is 1.78 bits per heavy atom. The SMILES string of the molecule is O=C(O)COCC(=O)N1C[C@@H]2C[C@@H](C1)c1c(-c3ccc4ccccc4c3)ccc(=O)n1C2. The Kier molecular flexibility index (Phi) is 5.27. The summed E-state index contributed by atoms with van der Waals surface area (Å²) in [5.74, 6) is -1.07. The molecule has 2 aliphatic rings. The van der Waals surface area contributed by atoms with Crippen molar-refractivity contribution in [2.24, 2.45) is 5.92 Å². The monoisotopic (exact) mass is 432 g/mol. The molecule has 0 aliphatic carbocycles. The molecule has 2 bridgehead atoms. The van der Waals surface area contributed by atoms with Crippen molar-refractivity contribution in [3.63, 3.8) is 0 Å². The highest BCUT2D eigenvalue weighted by molar-refractivity contribution is 5.87. The zero-order chi connectivity index (χ0) is 22.2. The Morgan fingerprint density at radius 3 is 2.59 bits per heavy atom. The highest BCUT2D eigenvalue weighted by Crippen LogP contribution is 2.40. The van der Waals surface area contributed by atoms with Crippen molar-refractivity contribution in [1.82, 2.24) is 9.47 Å². The molecule has 0 spiro atoms. The van der Waals surface area contributed by atoms with Gasteiger partial charge in [0.05, 0.1) is 0 Å². The first-order chi connectivity index (χ1) is 15.5. The van der Waals surface area contributed by atoms with Crippen molar-refractivity contribution in [2.75, 3.05) is 26.3 Å². The van der Waals surface area contributed by atoms with E-state index in [1.54, 1.807) is 11.0 Å². The largest absolute Gasteiger partial charge is 0.480 e. The molecule has 1 N–H and O–H groups in total. The van der Waals surface area contributed by atoms with Crippen LogP contribution in [-0.4, -0.2) is 52.8 Å². The van der Waals surface area contributed by atoms with Gasteiger partial charge in [0.25, 0.3) is 5.56 Å². The number of nitrogens with zero attached hydrogens (tertiary/aromatic N) is 2. The van der Waals surface area contributed by atoms with E-state index in [9.17, 15) is 14.4 Å². The molecular formula is C25H24N2O5. The van der Waals surface area contributed by atoms with Crippen molar-refractivity contribution >= 4 is 22.6 Å². The minimum absolute atomic E-state index is 0.0104. The predicted molar refractivity (Wildman–Crippen MR) is 120 cm³/mol. The van der Waals surface area contributed by atoms with Gasteiger partial charge in [0.15, 0.2) is 0 Å². The van der Waals surface area contributed by atoms with Gasteiger partial charge in [-0.1, -0.05) is 36.4 Å². The van der Waals surface area contributed by atoms with Gasteiger partial charge in [-0.05, 0) is 40.8 Å². The lowest BCUT2D eigenvalue weighted by Gasteiger charge is -2.43. The molecule has 164 valence electrons. The minimum atomic E-state index is -1.10. The zero-order valence-corrected chi connectivity index (χ0v) is 17.6. The van der Waals surface area contributed by atoms with E-state index in [0.717, 1.165) is 34.0 Å². The molecular weight excluding hydrogens is 408 g/mol. The van der Waals surface area contributed by atoms with E-state index in [1.807, 2.05) is 22.8 Å². The molecule has 1 amide bonds. The molecule has 7 heteroatoms. The lowest BCUT2D eigenvalue weighted by atomic mass is 9.80.